The number of anilines is 1. The van der Waals surface area contributed by atoms with E-state index in [4.69, 9.17) is 16.3 Å². The highest BCUT2D eigenvalue weighted by Crippen LogP contribution is 2.32. The van der Waals surface area contributed by atoms with E-state index in [0.29, 0.717) is 22.0 Å². The molecule has 0 bridgehead atoms. The Balaban J connectivity index is 1.99. The van der Waals surface area contributed by atoms with Crippen molar-refractivity contribution in [3.8, 4) is 5.75 Å². The van der Waals surface area contributed by atoms with E-state index < -0.39 is 17.6 Å². The van der Waals surface area contributed by atoms with Crippen LogP contribution in [0.5, 0.6) is 5.75 Å². The highest BCUT2D eigenvalue weighted by atomic mass is 35.5. The van der Waals surface area contributed by atoms with E-state index in [9.17, 15) is 14.7 Å². The van der Waals surface area contributed by atoms with Crippen LogP contribution in [0.1, 0.15) is 5.56 Å². The molecule has 2 aromatic carbocycles. The van der Waals surface area contributed by atoms with E-state index in [1.807, 2.05) is 0 Å². The third-order valence-electron chi connectivity index (χ3n) is 3.52. The fourth-order valence-corrected chi connectivity index (χ4v) is 2.49. The van der Waals surface area contributed by atoms with Gasteiger partial charge in [-0.2, -0.15) is 0 Å². The molecule has 3 rings (SSSR count). The fraction of sp³-hybridized carbons (Fsp3) is 0.0588. The molecule has 0 saturated carbocycles. The van der Waals surface area contributed by atoms with E-state index in [1.165, 1.54) is 7.11 Å². The number of imide groups is 1. The molecule has 6 heteroatoms. The first kappa shape index (κ1) is 15.1. The van der Waals surface area contributed by atoms with Gasteiger partial charge in [-0.25, -0.2) is 4.90 Å². The maximum Gasteiger partial charge on any atom is 0.301 e. The maximum atomic E-state index is 12.6. The number of amides is 2. The van der Waals surface area contributed by atoms with Crippen LogP contribution in [0.3, 0.4) is 0 Å². The molecule has 0 aliphatic carbocycles. The zero-order valence-corrected chi connectivity index (χ0v) is 12.9. The molecule has 2 aromatic rings. The van der Waals surface area contributed by atoms with E-state index in [-0.39, 0.29) is 5.57 Å². The predicted octanol–water partition coefficient (Wildman–Crippen LogP) is 3.19. The van der Waals surface area contributed by atoms with Crippen molar-refractivity contribution in [3.63, 3.8) is 0 Å². The zero-order chi connectivity index (χ0) is 16.6. The van der Waals surface area contributed by atoms with Gasteiger partial charge in [0.2, 0.25) is 0 Å². The number of aliphatic hydroxyl groups is 1. The second-order valence-corrected chi connectivity index (χ2v) is 5.31. The van der Waals surface area contributed by atoms with Gasteiger partial charge in [0.25, 0.3) is 5.91 Å². The quantitative estimate of drug-likeness (QED) is 0.878. The van der Waals surface area contributed by atoms with E-state index in [1.54, 1.807) is 48.5 Å². The Kier molecular flexibility index (Phi) is 3.80. The monoisotopic (exact) mass is 329 g/mol. The Morgan fingerprint density at radius 2 is 1.57 bits per heavy atom. The second kappa shape index (κ2) is 5.78. The van der Waals surface area contributed by atoms with Crippen LogP contribution in [0.15, 0.2) is 54.3 Å². The van der Waals surface area contributed by atoms with Gasteiger partial charge >= 0.3 is 5.91 Å². The van der Waals surface area contributed by atoms with Crippen molar-refractivity contribution < 1.29 is 19.4 Å². The third-order valence-corrected chi connectivity index (χ3v) is 3.77. The zero-order valence-electron chi connectivity index (χ0n) is 12.1. The summed E-state index contributed by atoms with van der Waals surface area (Å²) in [5.74, 6) is -1.32. The van der Waals surface area contributed by atoms with E-state index in [0.717, 1.165) is 4.90 Å². The van der Waals surface area contributed by atoms with Crippen LogP contribution >= 0.6 is 11.6 Å². The minimum atomic E-state index is -0.759. The molecule has 1 heterocycles. The smallest absolute Gasteiger partial charge is 0.301 e. The van der Waals surface area contributed by atoms with E-state index in [2.05, 4.69) is 0 Å². The normalized spacial score (nSPS) is 14.6. The van der Waals surface area contributed by atoms with Gasteiger partial charge in [0, 0.05) is 5.02 Å². The van der Waals surface area contributed by atoms with Crippen LogP contribution in [-0.4, -0.2) is 24.0 Å². The first-order valence-electron chi connectivity index (χ1n) is 6.75. The largest absolute Gasteiger partial charge is 0.502 e. The van der Waals surface area contributed by atoms with Gasteiger partial charge < -0.3 is 9.84 Å². The molecule has 23 heavy (non-hydrogen) atoms. The van der Waals surface area contributed by atoms with Crippen molar-refractivity contribution in [1.82, 2.24) is 0 Å². The van der Waals surface area contributed by atoms with Gasteiger partial charge in [0.05, 0.1) is 18.4 Å². The lowest BCUT2D eigenvalue weighted by Gasteiger charge is -2.14. The van der Waals surface area contributed by atoms with Gasteiger partial charge in [0.1, 0.15) is 5.75 Å². The van der Waals surface area contributed by atoms with Gasteiger partial charge in [-0.1, -0.05) is 23.7 Å². The molecule has 5 nitrogen and oxygen atoms in total. The van der Waals surface area contributed by atoms with Crippen molar-refractivity contribution in [2.24, 2.45) is 0 Å². The van der Waals surface area contributed by atoms with Gasteiger partial charge in [0.15, 0.2) is 5.76 Å². The molecule has 1 aliphatic heterocycles. The summed E-state index contributed by atoms with van der Waals surface area (Å²) in [5.41, 5.74) is 0.750. The summed E-state index contributed by atoms with van der Waals surface area (Å²) >= 11 is 5.82. The Morgan fingerprint density at radius 1 is 0.957 bits per heavy atom. The summed E-state index contributed by atoms with van der Waals surface area (Å²) < 4.78 is 5.05. The number of carbonyl (C=O) groups excluding carboxylic acids is 2. The number of benzene rings is 2. The van der Waals surface area contributed by atoms with Crippen LogP contribution in [0.25, 0.3) is 5.57 Å². The van der Waals surface area contributed by atoms with Crippen molar-refractivity contribution in [2.75, 3.05) is 12.0 Å². The number of halogens is 1. The molecular formula is C17H12ClNO4. The van der Waals surface area contributed by atoms with Crippen molar-refractivity contribution in [3.05, 3.63) is 64.9 Å². The summed E-state index contributed by atoms with van der Waals surface area (Å²) in [6.07, 6.45) is 0. The highest BCUT2D eigenvalue weighted by Gasteiger charge is 2.40. The molecule has 0 fully saturated rings. The Labute approximate surface area is 137 Å². The summed E-state index contributed by atoms with van der Waals surface area (Å²) in [5, 5.41) is 10.6. The Hall–Kier alpha value is -2.79. The van der Waals surface area contributed by atoms with Crippen molar-refractivity contribution in [1.29, 1.82) is 0 Å². The third kappa shape index (κ3) is 2.55. The number of hydrogen-bond acceptors (Lipinski definition) is 4. The van der Waals surface area contributed by atoms with Gasteiger partial charge in [-0.05, 0) is 42.0 Å². The standard InChI is InChI=1S/C17H12ClNO4/c1-23-13-8-6-12(7-9-13)19-16(21)14(15(20)17(19)22)10-2-4-11(18)5-3-10/h2-9,20H,1H3. The van der Waals surface area contributed by atoms with Gasteiger partial charge in [-0.15, -0.1) is 0 Å². The summed E-state index contributed by atoms with van der Waals surface area (Å²) in [7, 11) is 1.52. The lowest BCUT2D eigenvalue weighted by Crippen LogP contribution is -2.31. The molecule has 2 amide bonds. The van der Waals surface area contributed by atoms with Crippen LogP contribution in [0, 0.1) is 0 Å². The average Bonchev–Trinajstić information content (AvgIpc) is 2.78. The Morgan fingerprint density at radius 3 is 2.13 bits per heavy atom. The number of carbonyl (C=O) groups is 2. The van der Waals surface area contributed by atoms with Crippen molar-refractivity contribution >= 4 is 34.7 Å². The van der Waals surface area contributed by atoms with Crippen LogP contribution in [0.4, 0.5) is 5.69 Å². The first-order chi connectivity index (χ1) is 11.0. The van der Waals surface area contributed by atoms with Crippen molar-refractivity contribution in [2.45, 2.75) is 0 Å². The van der Waals surface area contributed by atoms with E-state index >= 15 is 0 Å². The first-order valence-corrected chi connectivity index (χ1v) is 7.12. The SMILES string of the molecule is COc1ccc(N2C(=O)C(O)=C(c3ccc(Cl)cc3)C2=O)cc1. The summed E-state index contributed by atoms with van der Waals surface area (Å²) in [4.78, 5) is 25.8. The molecule has 0 aromatic heterocycles. The molecule has 0 unspecified atom stereocenters. The molecule has 0 radical (unpaired) electrons. The molecule has 1 aliphatic rings. The molecule has 1 N–H and O–H groups in total. The number of nitrogens with zero attached hydrogens (tertiary/aromatic N) is 1. The minimum Gasteiger partial charge on any atom is -0.502 e. The number of ether oxygens (including phenoxy) is 1. The Bertz CT molecular complexity index is 809. The minimum absolute atomic E-state index is 0.0394. The van der Waals surface area contributed by atoms with Crippen LogP contribution < -0.4 is 9.64 Å². The second-order valence-electron chi connectivity index (χ2n) is 4.87. The molecule has 0 saturated heterocycles. The number of methoxy groups -OCH3 is 1. The van der Waals surface area contributed by atoms with Crippen LogP contribution in [0.2, 0.25) is 5.02 Å². The maximum absolute atomic E-state index is 12.6. The van der Waals surface area contributed by atoms with Gasteiger partial charge in [-0.3, -0.25) is 9.59 Å². The number of hydrogen-bond donors (Lipinski definition) is 1. The number of aliphatic hydroxyl groups excluding tert-OH is 1. The highest BCUT2D eigenvalue weighted by molar-refractivity contribution is 6.45. The topological polar surface area (TPSA) is 66.8 Å². The summed E-state index contributed by atoms with van der Waals surface area (Å²) in [6, 6.07) is 12.8. The predicted molar refractivity (Wildman–Crippen MR) is 86.5 cm³/mol. The fourth-order valence-electron chi connectivity index (χ4n) is 2.36. The number of rotatable bonds is 3. The average molecular weight is 330 g/mol. The lowest BCUT2D eigenvalue weighted by molar-refractivity contribution is -0.121. The molecule has 116 valence electrons. The lowest BCUT2D eigenvalue weighted by atomic mass is 10.1. The molecule has 0 spiro atoms. The molecular weight excluding hydrogens is 318 g/mol. The summed E-state index contributed by atoms with van der Waals surface area (Å²) in [6.45, 7) is 0. The van der Waals surface area contributed by atoms with Crippen LogP contribution in [-0.2, 0) is 9.59 Å². The molecule has 0 atom stereocenters.